The van der Waals surface area contributed by atoms with E-state index in [9.17, 15) is 14.4 Å². The van der Waals surface area contributed by atoms with E-state index in [1.54, 1.807) is 0 Å². The van der Waals surface area contributed by atoms with Crippen LogP contribution in [0.15, 0.2) is 48.5 Å². The Labute approximate surface area is 206 Å². The summed E-state index contributed by atoms with van der Waals surface area (Å²) < 4.78 is 5.63. The molecule has 7 nitrogen and oxygen atoms in total. The second-order valence-corrected chi connectivity index (χ2v) is 9.57. The van der Waals surface area contributed by atoms with Crippen molar-refractivity contribution in [3.8, 4) is 11.1 Å². The first kappa shape index (κ1) is 24.8. The van der Waals surface area contributed by atoms with E-state index in [1.165, 1.54) is 11.1 Å². The summed E-state index contributed by atoms with van der Waals surface area (Å²) in [5.74, 6) is -0.647. The minimum atomic E-state index is -0.798. The number of rotatable bonds is 12. The average Bonchev–Trinajstić information content (AvgIpc) is 3.65. The number of ether oxygens (including phenoxy) is 1. The Balaban J connectivity index is 1.29. The zero-order valence-electron chi connectivity index (χ0n) is 20.2. The average molecular weight is 479 g/mol. The van der Waals surface area contributed by atoms with E-state index in [1.807, 2.05) is 31.2 Å². The molecule has 1 fully saturated rings. The van der Waals surface area contributed by atoms with Gasteiger partial charge in [-0.1, -0.05) is 61.9 Å². The van der Waals surface area contributed by atoms with E-state index in [-0.39, 0.29) is 36.7 Å². The highest BCUT2D eigenvalue weighted by Crippen LogP contribution is 2.44. The van der Waals surface area contributed by atoms with Gasteiger partial charge in [0.1, 0.15) is 12.6 Å². The number of amides is 2. The van der Waals surface area contributed by atoms with Crippen molar-refractivity contribution in [2.24, 2.45) is 11.8 Å². The van der Waals surface area contributed by atoms with E-state index in [4.69, 9.17) is 9.84 Å². The van der Waals surface area contributed by atoms with Gasteiger partial charge in [-0.2, -0.15) is 0 Å². The molecule has 35 heavy (non-hydrogen) atoms. The van der Waals surface area contributed by atoms with Gasteiger partial charge in [0.25, 0.3) is 0 Å². The molecule has 186 valence electrons. The van der Waals surface area contributed by atoms with Crippen molar-refractivity contribution < 1.29 is 24.2 Å². The van der Waals surface area contributed by atoms with Crippen LogP contribution < -0.4 is 10.6 Å². The van der Waals surface area contributed by atoms with Gasteiger partial charge in [-0.3, -0.25) is 9.59 Å². The molecule has 0 aromatic heterocycles. The van der Waals surface area contributed by atoms with E-state index in [0.29, 0.717) is 13.0 Å². The van der Waals surface area contributed by atoms with Crippen LogP contribution >= 0.6 is 0 Å². The summed E-state index contributed by atoms with van der Waals surface area (Å²) in [5.41, 5.74) is 4.62. The van der Waals surface area contributed by atoms with Crippen LogP contribution in [0, 0.1) is 11.8 Å². The second-order valence-electron chi connectivity index (χ2n) is 9.57. The Hall–Kier alpha value is -3.35. The number of carbonyl (C=O) groups excluding carboxylic acids is 2. The fourth-order valence-corrected chi connectivity index (χ4v) is 4.98. The molecule has 0 saturated heterocycles. The number of hydrogen-bond donors (Lipinski definition) is 3. The van der Waals surface area contributed by atoms with Gasteiger partial charge in [0.2, 0.25) is 5.91 Å². The molecule has 2 aromatic rings. The first-order valence-corrected chi connectivity index (χ1v) is 12.6. The highest BCUT2D eigenvalue weighted by atomic mass is 16.5. The molecule has 2 unspecified atom stereocenters. The van der Waals surface area contributed by atoms with Crippen LogP contribution in [0.2, 0.25) is 0 Å². The van der Waals surface area contributed by atoms with Gasteiger partial charge in [0, 0.05) is 18.9 Å². The molecule has 7 heteroatoms. The minimum absolute atomic E-state index is 0.0295. The van der Waals surface area contributed by atoms with Crippen molar-refractivity contribution in [2.75, 3.05) is 13.2 Å². The molecule has 1 saturated carbocycles. The lowest BCUT2D eigenvalue weighted by Crippen LogP contribution is -2.48. The smallest absolute Gasteiger partial charge is 0.407 e. The predicted molar refractivity (Wildman–Crippen MR) is 133 cm³/mol. The Morgan fingerprint density at radius 3 is 2.20 bits per heavy atom. The Morgan fingerprint density at radius 2 is 1.63 bits per heavy atom. The van der Waals surface area contributed by atoms with Crippen LogP contribution in [0.25, 0.3) is 11.1 Å². The Kier molecular flexibility index (Phi) is 8.06. The van der Waals surface area contributed by atoms with Gasteiger partial charge in [-0.05, 0) is 59.8 Å². The van der Waals surface area contributed by atoms with Gasteiger partial charge in [0.05, 0.1) is 0 Å². The fourth-order valence-electron chi connectivity index (χ4n) is 4.98. The van der Waals surface area contributed by atoms with Gasteiger partial charge in [0.15, 0.2) is 0 Å². The summed E-state index contributed by atoms with van der Waals surface area (Å²) >= 11 is 0. The number of fused-ring (bicyclic) bond motifs is 3. The van der Waals surface area contributed by atoms with Gasteiger partial charge >= 0.3 is 12.1 Å². The molecule has 0 bridgehead atoms. The van der Waals surface area contributed by atoms with Crippen molar-refractivity contribution >= 4 is 18.0 Å². The van der Waals surface area contributed by atoms with Gasteiger partial charge in [-0.25, -0.2) is 4.79 Å². The molecule has 3 N–H and O–H groups in total. The number of nitrogens with one attached hydrogen (secondary N) is 2. The van der Waals surface area contributed by atoms with Crippen molar-refractivity contribution in [2.45, 2.75) is 57.4 Å². The third kappa shape index (κ3) is 6.21. The maximum absolute atomic E-state index is 12.8. The molecule has 0 radical (unpaired) electrons. The Morgan fingerprint density at radius 1 is 1.00 bits per heavy atom. The van der Waals surface area contributed by atoms with Crippen molar-refractivity contribution in [1.82, 2.24) is 10.6 Å². The number of benzene rings is 2. The zero-order chi connectivity index (χ0) is 24.8. The maximum Gasteiger partial charge on any atom is 0.407 e. The van der Waals surface area contributed by atoms with Crippen molar-refractivity contribution in [3.05, 3.63) is 59.7 Å². The molecular weight excluding hydrogens is 444 g/mol. The monoisotopic (exact) mass is 478 g/mol. The fraction of sp³-hybridized carbons (Fsp3) is 0.464. The van der Waals surface area contributed by atoms with E-state index in [0.717, 1.165) is 36.8 Å². The molecule has 0 heterocycles. The number of alkyl carbamates (subject to hydrolysis) is 1. The number of hydrogen-bond acceptors (Lipinski definition) is 4. The van der Waals surface area contributed by atoms with E-state index < -0.39 is 18.1 Å². The summed E-state index contributed by atoms with van der Waals surface area (Å²) in [6.07, 6.45) is 3.56. The van der Waals surface area contributed by atoms with Crippen LogP contribution in [0.5, 0.6) is 0 Å². The molecule has 2 atom stereocenters. The van der Waals surface area contributed by atoms with Crippen LogP contribution in [0.4, 0.5) is 4.79 Å². The molecule has 0 aliphatic heterocycles. The summed E-state index contributed by atoms with van der Waals surface area (Å²) in [6.45, 7) is 2.70. The zero-order valence-corrected chi connectivity index (χ0v) is 20.2. The minimum Gasteiger partial charge on any atom is -0.481 e. The summed E-state index contributed by atoms with van der Waals surface area (Å²) in [7, 11) is 0. The lowest BCUT2D eigenvalue weighted by molar-refractivity contribution is -0.137. The highest BCUT2D eigenvalue weighted by Gasteiger charge is 2.38. The number of carboxylic acids is 1. The van der Waals surface area contributed by atoms with E-state index >= 15 is 0 Å². The molecule has 2 aliphatic rings. The summed E-state index contributed by atoms with van der Waals surface area (Å²) in [4.78, 5) is 36.3. The molecule has 0 spiro atoms. The molecule has 4 rings (SSSR count). The SMILES string of the molecule is CCC(CCNC(=O)C(NC(=O)OCC1c2ccccc2-c2ccccc21)C1CC1)CCC(=O)O. The van der Waals surface area contributed by atoms with E-state index in [2.05, 4.69) is 34.9 Å². The number of carbonyl (C=O) groups is 3. The highest BCUT2D eigenvalue weighted by molar-refractivity contribution is 5.86. The van der Waals surface area contributed by atoms with Crippen molar-refractivity contribution in [3.63, 3.8) is 0 Å². The third-order valence-corrected chi connectivity index (χ3v) is 7.19. The normalized spacial score (nSPS) is 16.0. The van der Waals surface area contributed by atoms with Gasteiger partial charge < -0.3 is 20.5 Å². The third-order valence-electron chi connectivity index (χ3n) is 7.19. The lowest BCUT2D eigenvalue weighted by atomic mass is 9.96. The molecular formula is C28H34N2O5. The quantitative estimate of drug-likeness (QED) is 0.410. The first-order valence-electron chi connectivity index (χ1n) is 12.6. The lowest BCUT2D eigenvalue weighted by Gasteiger charge is -2.20. The van der Waals surface area contributed by atoms with Crippen LogP contribution in [-0.4, -0.2) is 42.3 Å². The number of aliphatic carboxylic acids is 1. The second kappa shape index (κ2) is 11.4. The summed E-state index contributed by atoms with van der Waals surface area (Å²) in [6, 6.07) is 15.7. The molecule has 2 aliphatic carbocycles. The standard InChI is InChI=1S/C28H34N2O5/c1-2-18(11-14-25(31)32)15-16-29-27(33)26(19-12-13-19)30-28(34)35-17-24-22-9-5-3-7-20(22)21-8-4-6-10-23(21)24/h3-10,18-19,24,26H,2,11-17H2,1H3,(H,29,33)(H,30,34)(H,31,32). The van der Waals surface area contributed by atoms with Crippen LogP contribution in [0.1, 0.15) is 62.5 Å². The number of carboxylic acid groups (broad SMARTS) is 1. The maximum atomic E-state index is 12.8. The Bertz CT molecular complexity index is 1020. The predicted octanol–water partition coefficient (Wildman–Crippen LogP) is 4.70. The first-order chi connectivity index (χ1) is 17.0. The van der Waals surface area contributed by atoms with Crippen LogP contribution in [0.3, 0.4) is 0 Å². The largest absolute Gasteiger partial charge is 0.481 e. The van der Waals surface area contributed by atoms with Crippen LogP contribution in [-0.2, 0) is 14.3 Å². The van der Waals surface area contributed by atoms with Gasteiger partial charge in [-0.15, -0.1) is 0 Å². The topological polar surface area (TPSA) is 105 Å². The summed E-state index contributed by atoms with van der Waals surface area (Å²) in [5, 5.41) is 14.6. The molecule has 2 aromatic carbocycles. The van der Waals surface area contributed by atoms with Crippen molar-refractivity contribution in [1.29, 1.82) is 0 Å². The molecule has 2 amide bonds.